The van der Waals surface area contributed by atoms with Gasteiger partial charge in [-0.25, -0.2) is 9.89 Å². The predicted molar refractivity (Wildman–Crippen MR) is 124 cm³/mol. The summed E-state index contributed by atoms with van der Waals surface area (Å²) < 4.78 is 0. The summed E-state index contributed by atoms with van der Waals surface area (Å²) in [6, 6.07) is 9.41. The number of hydrogen-bond donors (Lipinski definition) is 4. The number of aromatic nitrogens is 3. The van der Waals surface area contributed by atoms with Gasteiger partial charge in [0.1, 0.15) is 5.82 Å². The Morgan fingerprint density at radius 1 is 1.39 bits per heavy atom. The zero-order valence-corrected chi connectivity index (χ0v) is 19.6. The number of nitrogens with one attached hydrogen (secondary N) is 3. The number of carboxylic acid groups (broad SMARTS) is 1. The highest BCUT2D eigenvalue weighted by molar-refractivity contribution is 5.84. The first-order valence-corrected chi connectivity index (χ1v) is 11.6. The van der Waals surface area contributed by atoms with Crippen LogP contribution in [0.3, 0.4) is 0 Å². The van der Waals surface area contributed by atoms with Crippen LogP contribution in [0.5, 0.6) is 0 Å². The van der Waals surface area contributed by atoms with Gasteiger partial charge in [-0.2, -0.15) is 5.10 Å². The van der Waals surface area contributed by atoms with E-state index in [1.807, 2.05) is 0 Å². The third kappa shape index (κ3) is 5.71. The van der Waals surface area contributed by atoms with E-state index in [1.54, 1.807) is 0 Å². The van der Waals surface area contributed by atoms with Gasteiger partial charge in [0.15, 0.2) is 0 Å². The van der Waals surface area contributed by atoms with E-state index in [-0.39, 0.29) is 36.1 Å². The van der Waals surface area contributed by atoms with Crippen molar-refractivity contribution >= 4 is 12.4 Å². The molecule has 1 aromatic heterocycles. The molecule has 4 N–H and O–H groups in total. The number of hydrogen-bond acceptors (Lipinski definition) is 5. The van der Waals surface area contributed by atoms with Crippen molar-refractivity contribution in [1.29, 1.82) is 0 Å². The van der Waals surface area contributed by atoms with Gasteiger partial charge in [0.05, 0.1) is 12.0 Å². The number of carbonyl (C=O) groups is 2. The molecule has 33 heavy (non-hydrogen) atoms. The Bertz CT molecular complexity index is 1000. The van der Waals surface area contributed by atoms with Crippen LogP contribution < -0.4 is 11.0 Å². The van der Waals surface area contributed by atoms with Crippen molar-refractivity contribution in [2.75, 3.05) is 0 Å². The Balaban J connectivity index is 0.000000968. The van der Waals surface area contributed by atoms with Crippen molar-refractivity contribution in [3.05, 3.63) is 51.7 Å². The monoisotopic (exact) mass is 457 g/mol. The zero-order valence-electron chi connectivity index (χ0n) is 19.6. The second-order valence-electron chi connectivity index (χ2n) is 9.61. The van der Waals surface area contributed by atoms with E-state index in [0.29, 0.717) is 17.8 Å². The van der Waals surface area contributed by atoms with E-state index in [4.69, 9.17) is 9.90 Å². The molecule has 3 heterocycles. The highest BCUT2D eigenvalue weighted by atomic mass is 16.3. The van der Waals surface area contributed by atoms with Gasteiger partial charge in [-0.1, -0.05) is 43.7 Å². The first kappa shape index (κ1) is 24.7. The Morgan fingerprint density at radius 3 is 2.79 bits per heavy atom. The van der Waals surface area contributed by atoms with Crippen LogP contribution in [0.4, 0.5) is 0 Å². The van der Waals surface area contributed by atoms with Crippen molar-refractivity contribution < 1.29 is 14.7 Å². The molecule has 0 spiro atoms. The van der Waals surface area contributed by atoms with Crippen molar-refractivity contribution in [2.24, 2.45) is 11.3 Å². The lowest BCUT2D eigenvalue weighted by atomic mass is 9.69. The summed E-state index contributed by atoms with van der Waals surface area (Å²) in [5.41, 5.74) is 1.88. The summed E-state index contributed by atoms with van der Waals surface area (Å²) >= 11 is 0. The second-order valence-corrected chi connectivity index (χ2v) is 9.61. The fourth-order valence-corrected chi connectivity index (χ4v) is 5.47. The Kier molecular flexibility index (Phi) is 8.07. The average Bonchev–Trinajstić information content (AvgIpc) is 3.44. The Morgan fingerprint density at radius 2 is 2.15 bits per heavy atom. The summed E-state index contributed by atoms with van der Waals surface area (Å²) in [4.78, 5) is 38.4. The number of carbonyl (C=O) groups excluding carboxylic acids is 1. The molecule has 2 saturated heterocycles. The molecule has 0 unspecified atom stereocenters. The summed E-state index contributed by atoms with van der Waals surface area (Å²) in [5, 5.41) is 16.2. The lowest BCUT2D eigenvalue weighted by molar-refractivity contribution is -0.134. The van der Waals surface area contributed by atoms with E-state index in [2.05, 4.69) is 70.4 Å². The molecule has 0 radical (unpaired) electrons. The molecule has 2 aromatic rings. The highest BCUT2D eigenvalue weighted by Crippen LogP contribution is 2.53. The SMILES string of the molecule is Cc1cccc(CN2[C@@H]3CC[C@H]2[C@@](CCC(C)C)(C(=O)NCc2n[nH]c(=O)[nH]2)C3)c1.O=CO. The van der Waals surface area contributed by atoms with E-state index in [0.717, 1.165) is 32.2 Å². The molecular formula is C24H35N5O4. The van der Waals surface area contributed by atoms with Crippen LogP contribution in [0.1, 0.15) is 62.9 Å². The van der Waals surface area contributed by atoms with Gasteiger partial charge in [0.25, 0.3) is 6.47 Å². The minimum atomic E-state index is -0.367. The summed E-state index contributed by atoms with van der Waals surface area (Å²) in [5.74, 6) is 1.13. The van der Waals surface area contributed by atoms with Crippen molar-refractivity contribution in [3.63, 3.8) is 0 Å². The van der Waals surface area contributed by atoms with Crippen molar-refractivity contribution in [1.82, 2.24) is 25.4 Å². The number of nitrogens with zero attached hydrogens (tertiary/aromatic N) is 2. The van der Waals surface area contributed by atoms with Gasteiger partial charge in [-0.15, -0.1) is 0 Å². The summed E-state index contributed by atoms with van der Waals surface area (Å²) in [6.45, 7) is 7.47. The molecule has 2 fully saturated rings. The fourth-order valence-electron chi connectivity index (χ4n) is 5.47. The van der Waals surface area contributed by atoms with Crippen LogP contribution in [0.15, 0.2) is 29.1 Å². The molecule has 1 amide bonds. The maximum Gasteiger partial charge on any atom is 0.340 e. The number of aryl methyl sites for hydroxylation is 1. The number of benzene rings is 1. The molecule has 0 aliphatic carbocycles. The average molecular weight is 458 g/mol. The molecule has 2 aliphatic rings. The number of amides is 1. The van der Waals surface area contributed by atoms with Gasteiger partial charge in [-0.05, 0) is 50.5 Å². The largest absolute Gasteiger partial charge is 0.483 e. The van der Waals surface area contributed by atoms with E-state index < -0.39 is 0 Å². The van der Waals surface area contributed by atoms with Crippen LogP contribution in [-0.2, 0) is 22.7 Å². The number of H-pyrrole nitrogens is 2. The third-order valence-corrected chi connectivity index (χ3v) is 6.91. The number of fused-ring (bicyclic) bond motifs is 2. The van der Waals surface area contributed by atoms with Crippen LogP contribution in [0.2, 0.25) is 0 Å². The number of aromatic amines is 2. The molecule has 180 valence electrons. The van der Waals surface area contributed by atoms with Crippen molar-refractivity contribution in [3.8, 4) is 0 Å². The minimum absolute atomic E-state index is 0.105. The van der Waals surface area contributed by atoms with Crippen LogP contribution in [-0.4, -0.2) is 49.7 Å². The van der Waals surface area contributed by atoms with E-state index in [9.17, 15) is 9.59 Å². The third-order valence-electron chi connectivity index (χ3n) is 6.91. The quantitative estimate of drug-likeness (QED) is 0.451. The van der Waals surface area contributed by atoms with Gasteiger partial charge in [0.2, 0.25) is 5.91 Å². The van der Waals surface area contributed by atoms with Crippen LogP contribution >= 0.6 is 0 Å². The van der Waals surface area contributed by atoms with E-state index >= 15 is 0 Å². The topological polar surface area (TPSA) is 131 Å². The molecule has 4 rings (SSSR count). The first-order valence-electron chi connectivity index (χ1n) is 11.6. The van der Waals surface area contributed by atoms with Gasteiger partial charge < -0.3 is 10.4 Å². The molecule has 1 aromatic carbocycles. The lowest BCUT2D eigenvalue weighted by Crippen LogP contribution is -2.49. The minimum Gasteiger partial charge on any atom is -0.483 e. The van der Waals surface area contributed by atoms with Gasteiger partial charge >= 0.3 is 5.69 Å². The molecule has 2 aliphatic heterocycles. The summed E-state index contributed by atoms with van der Waals surface area (Å²) in [7, 11) is 0. The first-order chi connectivity index (χ1) is 15.8. The van der Waals surface area contributed by atoms with Crippen molar-refractivity contribution in [2.45, 2.75) is 78.0 Å². The lowest BCUT2D eigenvalue weighted by Gasteiger charge is -2.37. The molecule has 0 saturated carbocycles. The number of rotatable bonds is 8. The maximum absolute atomic E-state index is 13.5. The Labute approximate surface area is 194 Å². The summed E-state index contributed by atoms with van der Waals surface area (Å²) in [6.07, 6.45) is 5.09. The van der Waals surface area contributed by atoms with Gasteiger partial charge in [-0.3, -0.25) is 19.5 Å². The van der Waals surface area contributed by atoms with Crippen LogP contribution in [0, 0.1) is 18.3 Å². The molecule has 3 atom stereocenters. The smallest absolute Gasteiger partial charge is 0.340 e. The fraction of sp³-hybridized carbons (Fsp3) is 0.583. The molecular weight excluding hydrogens is 422 g/mol. The Hall–Kier alpha value is -2.94. The second kappa shape index (κ2) is 10.8. The molecule has 9 heteroatoms. The van der Waals surface area contributed by atoms with E-state index in [1.165, 1.54) is 17.5 Å². The normalized spacial score (nSPS) is 23.9. The molecule has 9 nitrogen and oxygen atoms in total. The predicted octanol–water partition coefficient (Wildman–Crippen LogP) is 2.58. The van der Waals surface area contributed by atoms with Crippen LogP contribution in [0.25, 0.3) is 0 Å². The van der Waals surface area contributed by atoms with Gasteiger partial charge in [0, 0.05) is 18.6 Å². The molecule has 2 bridgehead atoms. The standard InChI is InChI=1S/C23H33N5O2.CH2O2/c1-15(2)9-10-23(21(29)24-13-20-25-22(30)27-26-20)12-18-7-8-19(23)28(18)14-17-6-4-5-16(3)11-17;2-1-3/h4-6,11,15,18-19H,7-10,12-14H2,1-3H3,(H,24,29)(H2,25,26,27,30);1H,(H,2,3)/t18-,19+,23+;/m1./s1. The maximum atomic E-state index is 13.5. The zero-order chi connectivity index (χ0) is 24.0. The highest BCUT2D eigenvalue weighted by Gasteiger charge is 2.59.